The maximum absolute atomic E-state index is 11.9. The number of pyridine rings is 1. The summed E-state index contributed by atoms with van der Waals surface area (Å²) in [6.45, 7) is 8.91. The molecule has 2 rings (SSSR count). The first kappa shape index (κ1) is 26.2. The van der Waals surface area contributed by atoms with Crippen molar-refractivity contribution in [1.29, 1.82) is 0 Å². The van der Waals surface area contributed by atoms with E-state index in [0.717, 1.165) is 57.0 Å². The number of rotatable bonds is 10. The highest BCUT2D eigenvalue weighted by molar-refractivity contribution is 14.0. The van der Waals surface area contributed by atoms with Crippen molar-refractivity contribution in [1.82, 2.24) is 15.2 Å². The average molecular weight is 524 g/mol. The first-order valence-corrected chi connectivity index (χ1v) is 10.7. The number of aromatic nitrogens is 1. The van der Waals surface area contributed by atoms with Crippen LogP contribution in [0.2, 0.25) is 0 Å². The van der Waals surface area contributed by atoms with E-state index in [1.54, 1.807) is 6.07 Å². The Kier molecular flexibility index (Phi) is 11.8. The monoisotopic (exact) mass is 524 g/mol. The van der Waals surface area contributed by atoms with Gasteiger partial charge < -0.3 is 15.2 Å². The quantitative estimate of drug-likeness (QED) is 0.209. The summed E-state index contributed by atoms with van der Waals surface area (Å²) in [5.41, 5.74) is 2.56. The predicted octanol–water partition coefficient (Wildman–Crippen LogP) is 4.48. The van der Waals surface area contributed by atoms with Crippen molar-refractivity contribution in [3.8, 4) is 0 Å². The van der Waals surface area contributed by atoms with Crippen LogP contribution in [-0.4, -0.2) is 30.7 Å². The molecule has 0 saturated carbocycles. The second-order valence-electron chi connectivity index (χ2n) is 7.57. The number of halogens is 1. The number of hydrogen-bond donors (Lipinski definition) is 2. The van der Waals surface area contributed by atoms with E-state index in [1.165, 1.54) is 5.56 Å². The van der Waals surface area contributed by atoms with Gasteiger partial charge in [0, 0.05) is 43.9 Å². The van der Waals surface area contributed by atoms with Gasteiger partial charge in [0.15, 0.2) is 5.96 Å². The third-order valence-corrected chi connectivity index (χ3v) is 5.93. The summed E-state index contributed by atoms with van der Waals surface area (Å²) in [4.78, 5) is 16.3. The lowest BCUT2D eigenvalue weighted by Crippen LogP contribution is -2.45. The summed E-state index contributed by atoms with van der Waals surface area (Å²) >= 11 is 0. The number of guanidine groups is 1. The van der Waals surface area contributed by atoms with E-state index < -0.39 is 0 Å². The van der Waals surface area contributed by atoms with Crippen molar-refractivity contribution >= 4 is 29.9 Å². The molecule has 0 fully saturated rings. The third kappa shape index (κ3) is 7.15. The van der Waals surface area contributed by atoms with Gasteiger partial charge in [-0.2, -0.15) is 0 Å². The normalized spacial score (nSPS) is 11.7. The third-order valence-electron chi connectivity index (χ3n) is 5.93. The van der Waals surface area contributed by atoms with Crippen LogP contribution >= 0.6 is 24.0 Å². The Morgan fingerprint density at radius 3 is 2.30 bits per heavy atom. The Balaban J connectivity index is 0.00000450. The molecule has 5 nitrogen and oxygen atoms in total. The molecule has 0 amide bonds. The van der Waals surface area contributed by atoms with E-state index in [4.69, 9.17) is 0 Å². The van der Waals surface area contributed by atoms with E-state index in [-0.39, 0.29) is 35.0 Å². The largest absolute Gasteiger partial charge is 0.356 e. The molecule has 1 aromatic heterocycles. The molecule has 0 spiro atoms. The lowest BCUT2D eigenvalue weighted by Gasteiger charge is -2.33. The van der Waals surface area contributed by atoms with Crippen LogP contribution in [0, 0.1) is 6.92 Å². The number of nitrogens with zero attached hydrogens (tertiary/aromatic N) is 2. The van der Waals surface area contributed by atoms with E-state index in [1.807, 2.05) is 30.7 Å². The van der Waals surface area contributed by atoms with Crippen molar-refractivity contribution in [3.05, 3.63) is 70.1 Å². The van der Waals surface area contributed by atoms with E-state index in [2.05, 4.69) is 59.8 Å². The zero-order valence-electron chi connectivity index (χ0n) is 18.8. The number of aryl methyl sites for hydroxylation is 1. The van der Waals surface area contributed by atoms with Crippen LogP contribution < -0.4 is 16.2 Å². The maximum atomic E-state index is 11.9. The zero-order chi connectivity index (χ0) is 21.1. The van der Waals surface area contributed by atoms with Crippen molar-refractivity contribution in [2.24, 2.45) is 4.99 Å². The van der Waals surface area contributed by atoms with Crippen LogP contribution in [0.1, 0.15) is 50.8 Å². The van der Waals surface area contributed by atoms with Gasteiger partial charge in [0.05, 0.1) is 0 Å². The Morgan fingerprint density at radius 2 is 1.70 bits per heavy atom. The molecule has 0 saturated heterocycles. The molecule has 166 valence electrons. The Bertz CT molecular complexity index is 829. The Hall–Kier alpha value is -1.83. The SMILES string of the molecule is CCC(CC)(CNC(=NC)NCCCCn1c(C)cccc1=O)c1ccccc1.I. The predicted molar refractivity (Wildman–Crippen MR) is 138 cm³/mol. The van der Waals surface area contributed by atoms with E-state index >= 15 is 0 Å². The van der Waals surface area contributed by atoms with Crippen molar-refractivity contribution in [2.75, 3.05) is 20.1 Å². The van der Waals surface area contributed by atoms with Gasteiger partial charge in [-0.15, -0.1) is 24.0 Å². The van der Waals surface area contributed by atoms with Gasteiger partial charge in [0.1, 0.15) is 0 Å². The molecule has 30 heavy (non-hydrogen) atoms. The summed E-state index contributed by atoms with van der Waals surface area (Å²) < 4.78 is 1.84. The molecule has 6 heteroatoms. The van der Waals surface area contributed by atoms with E-state index in [9.17, 15) is 4.79 Å². The molecule has 0 radical (unpaired) electrons. The molecule has 1 aromatic carbocycles. The van der Waals surface area contributed by atoms with E-state index in [0.29, 0.717) is 0 Å². The second-order valence-corrected chi connectivity index (χ2v) is 7.57. The zero-order valence-corrected chi connectivity index (χ0v) is 21.1. The maximum Gasteiger partial charge on any atom is 0.250 e. The first-order chi connectivity index (χ1) is 14.1. The molecule has 2 N–H and O–H groups in total. The molecular weight excluding hydrogens is 487 g/mol. The minimum atomic E-state index is 0. The van der Waals surface area contributed by atoms with Crippen molar-refractivity contribution < 1.29 is 0 Å². The van der Waals surface area contributed by atoms with Crippen molar-refractivity contribution in [3.63, 3.8) is 0 Å². The fourth-order valence-electron chi connectivity index (χ4n) is 3.79. The summed E-state index contributed by atoms with van der Waals surface area (Å²) in [5, 5.41) is 6.93. The van der Waals surface area contributed by atoms with Gasteiger partial charge in [-0.05, 0) is 44.2 Å². The van der Waals surface area contributed by atoms with Gasteiger partial charge >= 0.3 is 0 Å². The number of benzene rings is 1. The number of hydrogen-bond acceptors (Lipinski definition) is 2. The molecular formula is C24H37IN4O. The molecule has 0 atom stereocenters. The highest BCUT2D eigenvalue weighted by atomic mass is 127. The number of nitrogens with one attached hydrogen (secondary N) is 2. The average Bonchev–Trinajstić information content (AvgIpc) is 2.75. The first-order valence-electron chi connectivity index (χ1n) is 10.7. The summed E-state index contributed by atoms with van der Waals surface area (Å²) in [6.07, 6.45) is 4.07. The van der Waals surface area contributed by atoms with Crippen LogP contribution in [0.15, 0.2) is 58.3 Å². The molecule has 0 unspecified atom stereocenters. The van der Waals surface area contributed by atoms with Crippen molar-refractivity contribution in [2.45, 2.75) is 58.4 Å². The molecule has 0 aliphatic carbocycles. The molecule has 0 aliphatic heterocycles. The van der Waals surface area contributed by atoms with Crippen LogP contribution in [0.25, 0.3) is 0 Å². The van der Waals surface area contributed by atoms with Gasteiger partial charge in [-0.3, -0.25) is 9.79 Å². The minimum absolute atomic E-state index is 0. The Morgan fingerprint density at radius 1 is 1.00 bits per heavy atom. The topological polar surface area (TPSA) is 58.4 Å². The lowest BCUT2D eigenvalue weighted by molar-refractivity contribution is 0.389. The Labute approximate surface area is 198 Å². The number of aliphatic imine (C=N–C) groups is 1. The van der Waals surface area contributed by atoms with Crippen LogP contribution in [0.4, 0.5) is 0 Å². The highest BCUT2D eigenvalue weighted by Gasteiger charge is 2.28. The second kappa shape index (κ2) is 13.5. The van der Waals surface area contributed by atoms with Gasteiger partial charge in [-0.1, -0.05) is 50.2 Å². The molecule has 0 bridgehead atoms. The van der Waals surface area contributed by atoms with Gasteiger partial charge in [0.25, 0.3) is 5.56 Å². The van der Waals surface area contributed by atoms with Crippen LogP contribution in [-0.2, 0) is 12.0 Å². The summed E-state index contributed by atoms with van der Waals surface area (Å²) in [6, 6.07) is 16.1. The standard InChI is InChI=1S/C24H36N4O.HI/c1-5-24(6-2,21-14-8-7-9-15-21)19-27-23(25-4)26-17-10-11-18-28-20(3)13-12-16-22(28)29;/h7-9,12-16H,5-6,10-11,17-19H2,1-4H3,(H2,25,26,27);1H. The molecule has 1 heterocycles. The number of unbranched alkanes of at least 4 members (excludes halogenated alkanes) is 1. The fourth-order valence-corrected chi connectivity index (χ4v) is 3.79. The van der Waals surface area contributed by atoms with Gasteiger partial charge in [-0.25, -0.2) is 0 Å². The lowest BCUT2D eigenvalue weighted by atomic mass is 9.76. The minimum Gasteiger partial charge on any atom is -0.356 e. The fraction of sp³-hybridized carbons (Fsp3) is 0.500. The van der Waals surface area contributed by atoms with Gasteiger partial charge in [0.2, 0.25) is 0 Å². The summed E-state index contributed by atoms with van der Waals surface area (Å²) in [7, 11) is 1.81. The summed E-state index contributed by atoms with van der Waals surface area (Å²) in [5.74, 6) is 0.834. The molecule has 0 aliphatic rings. The smallest absolute Gasteiger partial charge is 0.250 e. The van der Waals surface area contributed by atoms with Crippen LogP contribution in [0.3, 0.4) is 0 Å². The highest BCUT2D eigenvalue weighted by Crippen LogP contribution is 2.30. The van der Waals surface area contributed by atoms with Crippen LogP contribution in [0.5, 0.6) is 0 Å². The molecule has 2 aromatic rings.